The summed E-state index contributed by atoms with van der Waals surface area (Å²) in [5.74, 6) is 0. The number of halogens is 1. The van der Waals surface area contributed by atoms with Crippen LogP contribution >= 0.6 is 16.1 Å². The van der Waals surface area contributed by atoms with Crippen molar-refractivity contribution in [1.82, 2.24) is 4.34 Å². The Morgan fingerprint density at radius 1 is 1.44 bits per heavy atom. The molecule has 0 saturated heterocycles. The zero-order valence-corrected chi connectivity index (χ0v) is 7.87. The van der Waals surface area contributed by atoms with E-state index in [0.29, 0.717) is 6.04 Å². The molecule has 2 heteroatoms. The highest BCUT2D eigenvalue weighted by Gasteiger charge is 1.95. The van der Waals surface area contributed by atoms with Gasteiger partial charge < -0.3 is 0 Å². The average Bonchev–Trinajstić information content (AvgIpc) is 1.89. The van der Waals surface area contributed by atoms with Gasteiger partial charge in [0.2, 0.25) is 0 Å². The summed E-state index contributed by atoms with van der Waals surface area (Å²) in [6, 6.07) is 0.622. The molecule has 0 aromatic rings. The molecule has 0 bridgehead atoms. The highest BCUT2D eigenvalue weighted by molar-refractivity contribution is 9.08. The Morgan fingerprint density at radius 3 is 2.56 bits per heavy atom. The quantitative estimate of drug-likeness (QED) is 0.524. The summed E-state index contributed by atoms with van der Waals surface area (Å²) >= 11 is 3.22. The lowest BCUT2D eigenvalue weighted by molar-refractivity contribution is 0.573. The maximum absolute atomic E-state index is 3.22. The van der Waals surface area contributed by atoms with E-state index in [1.54, 1.807) is 0 Å². The molecular weight excluding hydrogens is 178 g/mol. The Bertz CT molecular complexity index is 56.9. The zero-order chi connectivity index (χ0) is 7.11. The van der Waals surface area contributed by atoms with Crippen molar-refractivity contribution in [2.45, 2.75) is 45.6 Å². The van der Waals surface area contributed by atoms with Gasteiger partial charge in [-0.3, -0.25) is 4.34 Å². The van der Waals surface area contributed by atoms with Crippen LogP contribution in [0.5, 0.6) is 0 Å². The van der Waals surface area contributed by atoms with Crippen molar-refractivity contribution in [2.75, 3.05) is 0 Å². The minimum atomic E-state index is 0.622. The lowest BCUT2D eigenvalue weighted by Crippen LogP contribution is -2.14. The summed E-state index contributed by atoms with van der Waals surface area (Å²) in [7, 11) is 0. The van der Waals surface area contributed by atoms with Crippen LogP contribution in [0.1, 0.15) is 39.5 Å². The molecule has 0 rings (SSSR count). The van der Waals surface area contributed by atoms with Gasteiger partial charge in [-0.1, -0.05) is 26.2 Å². The maximum atomic E-state index is 3.22. The second-order valence-electron chi connectivity index (χ2n) is 2.51. The molecule has 0 heterocycles. The minimum absolute atomic E-state index is 0.622. The van der Waals surface area contributed by atoms with Crippen molar-refractivity contribution in [3.63, 3.8) is 0 Å². The Balaban J connectivity index is 2.88. The lowest BCUT2D eigenvalue weighted by atomic mass is 10.1. The molecule has 0 saturated carbocycles. The molecule has 9 heavy (non-hydrogen) atoms. The first-order valence-corrected chi connectivity index (χ1v) is 4.46. The maximum Gasteiger partial charge on any atom is 0.0146 e. The fraction of sp³-hybridized carbons (Fsp3) is 1.00. The van der Waals surface area contributed by atoms with Gasteiger partial charge in [-0.2, -0.15) is 0 Å². The van der Waals surface area contributed by atoms with Crippen LogP contribution in [0.3, 0.4) is 0 Å². The van der Waals surface area contributed by atoms with Gasteiger partial charge in [-0.25, -0.2) is 0 Å². The number of hydrogen-bond donors (Lipinski definition) is 1. The Hall–Kier alpha value is 0.440. The van der Waals surface area contributed by atoms with E-state index >= 15 is 0 Å². The van der Waals surface area contributed by atoms with Crippen LogP contribution < -0.4 is 4.34 Å². The third-order valence-corrected chi connectivity index (χ3v) is 2.21. The molecule has 1 N–H and O–H groups in total. The second-order valence-corrected chi connectivity index (χ2v) is 2.96. The fourth-order valence-corrected chi connectivity index (χ4v) is 0.984. The molecule has 1 nitrogen and oxygen atoms in total. The predicted octanol–water partition coefficient (Wildman–Crippen LogP) is 2.85. The van der Waals surface area contributed by atoms with Crippen molar-refractivity contribution >= 4 is 16.1 Å². The van der Waals surface area contributed by atoms with E-state index in [-0.39, 0.29) is 0 Å². The molecule has 0 amide bonds. The van der Waals surface area contributed by atoms with Crippen LogP contribution in [0.2, 0.25) is 0 Å². The van der Waals surface area contributed by atoms with Crippen molar-refractivity contribution in [2.24, 2.45) is 0 Å². The van der Waals surface area contributed by atoms with Crippen molar-refractivity contribution < 1.29 is 0 Å². The van der Waals surface area contributed by atoms with E-state index in [1.807, 2.05) is 0 Å². The van der Waals surface area contributed by atoms with E-state index < -0.39 is 0 Å². The van der Waals surface area contributed by atoms with E-state index in [2.05, 4.69) is 34.3 Å². The van der Waals surface area contributed by atoms with Crippen LogP contribution in [0.25, 0.3) is 0 Å². The van der Waals surface area contributed by atoms with Crippen LogP contribution in [0.4, 0.5) is 0 Å². The molecule has 1 atom stereocenters. The fourth-order valence-electron chi connectivity index (χ4n) is 0.755. The van der Waals surface area contributed by atoms with E-state index in [9.17, 15) is 0 Å². The summed E-state index contributed by atoms with van der Waals surface area (Å²) in [4.78, 5) is 0. The molecule has 0 aromatic heterocycles. The molecule has 56 valence electrons. The van der Waals surface area contributed by atoms with Crippen LogP contribution in [0.15, 0.2) is 0 Å². The average molecular weight is 194 g/mol. The molecule has 0 aliphatic carbocycles. The monoisotopic (exact) mass is 193 g/mol. The second kappa shape index (κ2) is 6.56. The Morgan fingerprint density at radius 2 is 2.11 bits per heavy atom. The van der Waals surface area contributed by atoms with Crippen LogP contribution in [-0.2, 0) is 0 Å². The molecule has 0 spiro atoms. The van der Waals surface area contributed by atoms with Crippen molar-refractivity contribution in [3.05, 3.63) is 0 Å². The molecule has 0 aliphatic rings. The van der Waals surface area contributed by atoms with E-state index in [0.717, 1.165) is 0 Å². The summed E-state index contributed by atoms with van der Waals surface area (Å²) in [6.07, 6.45) is 5.30. The highest BCUT2D eigenvalue weighted by atomic mass is 79.9. The van der Waals surface area contributed by atoms with E-state index in [1.165, 1.54) is 25.7 Å². The summed E-state index contributed by atoms with van der Waals surface area (Å²) in [6.45, 7) is 4.41. The number of unbranched alkanes of at least 4 members (excludes halogenated alkanes) is 2. The molecule has 1 unspecified atom stereocenters. The number of rotatable bonds is 5. The first kappa shape index (κ1) is 9.44. The molecular formula is C7H16BrN. The summed E-state index contributed by atoms with van der Waals surface area (Å²) in [5, 5.41) is 0. The summed E-state index contributed by atoms with van der Waals surface area (Å²) in [5.41, 5.74) is 0. The van der Waals surface area contributed by atoms with Crippen LogP contribution in [-0.4, -0.2) is 6.04 Å². The van der Waals surface area contributed by atoms with Gasteiger partial charge in [0.05, 0.1) is 0 Å². The first-order chi connectivity index (χ1) is 4.31. The third kappa shape index (κ3) is 6.32. The van der Waals surface area contributed by atoms with Gasteiger partial charge in [-0.15, -0.1) is 0 Å². The number of hydrogen-bond acceptors (Lipinski definition) is 1. The topological polar surface area (TPSA) is 12.0 Å². The smallest absolute Gasteiger partial charge is 0.0146 e. The predicted molar refractivity (Wildman–Crippen MR) is 45.7 cm³/mol. The Labute approximate surface area is 66.6 Å². The summed E-state index contributed by atoms with van der Waals surface area (Å²) < 4.78 is 3.04. The van der Waals surface area contributed by atoms with Crippen molar-refractivity contribution in [1.29, 1.82) is 0 Å². The van der Waals surface area contributed by atoms with Gasteiger partial charge in [0.1, 0.15) is 0 Å². The van der Waals surface area contributed by atoms with Crippen LogP contribution in [0, 0.1) is 0 Å². The lowest BCUT2D eigenvalue weighted by Gasteiger charge is -2.06. The molecule has 0 fully saturated rings. The number of nitrogens with one attached hydrogen (secondary N) is 1. The first-order valence-electron chi connectivity index (χ1n) is 3.67. The standard InChI is InChI=1S/C7H16BrN/c1-3-4-5-6-7(2)9-8/h7,9H,3-6H2,1-2H3. The van der Waals surface area contributed by atoms with Gasteiger partial charge >= 0.3 is 0 Å². The van der Waals surface area contributed by atoms with Gasteiger partial charge in [-0.05, 0) is 13.3 Å². The normalized spacial score (nSPS) is 13.7. The molecule has 0 aromatic carbocycles. The van der Waals surface area contributed by atoms with Gasteiger partial charge in [0, 0.05) is 22.2 Å². The molecule has 0 radical (unpaired) electrons. The highest BCUT2D eigenvalue weighted by Crippen LogP contribution is 2.02. The third-order valence-electron chi connectivity index (χ3n) is 1.43. The largest absolute Gasteiger partial charge is 0.253 e. The zero-order valence-electron chi connectivity index (χ0n) is 6.28. The SMILES string of the molecule is CCCCCC(C)NBr. The molecule has 0 aliphatic heterocycles. The van der Waals surface area contributed by atoms with Gasteiger partial charge in [0.15, 0.2) is 0 Å². The van der Waals surface area contributed by atoms with E-state index in [4.69, 9.17) is 0 Å². The van der Waals surface area contributed by atoms with Gasteiger partial charge in [0.25, 0.3) is 0 Å². The van der Waals surface area contributed by atoms with Crippen molar-refractivity contribution in [3.8, 4) is 0 Å². The Kier molecular flexibility index (Phi) is 6.88. The minimum Gasteiger partial charge on any atom is -0.253 e.